The smallest absolute Gasteiger partial charge is 0.374 e. The van der Waals surface area contributed by atoms with E-state index in [1.54, 1.807) is 12.4 Å². The van der Waals surface area contributed by atoms with Crippen LogP contribution in [0.15, 0.2) is 28.7 Å². The second-order valence-corrected chi connectivity index (χ2v) is 4.25. The van der Waals surface area contributed by atoms with Gasteiger partial charge in [0.1, 0.15) is 6.33 Å². The highest BCUT2D eigenvalue weighted by atomic mass is 16.4. The molecule has 0 saturated heterocycles. The molecule has 0 saturated carbocycles. The van der Waals surface area contributed by atoms with Gasteiger partial charge < -0.3 is 5.11 Å². The molecule has 2 aromatic heterocycles. The molecule has 0 aromatic carbocycles. The average Bonchev–Trinajstić information content (AvgIpc) is 3.15. The van der Waals surface area contributed by atoms with Crippen LogP contribution in [0.2, 0.25) is 0 Å². The number of aromatic nitrogens is 4. The van der Waals surface area contributed by atoms with Crippen molar-refractivity contribution < 1.29 is 9.90 Å². The second kappa shape index (κ2) is 5.53. The summed E-state index contributed by atoms with van der Waals surface area (Å²) in [5, 5.41) is 8.54. The van der Waals surface area contributed by atoms with Crippen molar-refractivity contribution in [2.45, 2.75) is 12.8 Å². The zero-order valence-electron chi connectivity index (χ0n) is 10.8. The van der Waals surface area contributed by atoms with Crippen molar-refractivity contribution in [1.82, 2.24) is 19.9 Å². The predicted octanol–water partition coefficient (Wildman–Crippen LogP) is 1.17. The fourth-order valence-corrected chi connectivity index (χ4v) is 1.83. The maximum atomic E-state index is 10.4. The fraction of sp³-hybridized carbons (Fsp3) is 0.154. The number of hydrogen-bond donors (Lipinski definition) is 1. The van der Waals surface area contributed by atoms with E-state index in [1.165, 1.54) is 12.5 Å². The minimum absolute atomic E-state index is 0.201. The number of aromatic carboxylic acids is 1. The van der Waals surface area contributed by atoms with Crippen LogP contribution >= 0.6 is 0 Å². The quantitative estimate of drug-likeness (QED) is 0.839. The van der Waals surface area contributed by atoms with E-state index in [0.29, 0.717) is 12.2 Å². The van der Waals surface area contributed by atoms with E-state index in [4.69, 9.17) is 5.11 Å². The lowest BCUT2D eigenvalue weighted by Gasteiger charge is -1.95. The summed E-state index contributed by atoms with van der Waals surface area (Å²) in [4.78, 5) is 33.6. The van der Waals surface area contributed by atoms with Crippen LogP contribution in [0, 0.1) is 0 Å². The summed E-state index contributed by atoms with van der Waals surface area (Å²) in [6.07, 6.45) is 9.92. The molecule has 0 aliphatic carbocycles. The molecule has 4 heterocycles. The predicted molar refractivity (Wildman–Crippen MR) is 74.7 cm³/mol. The van der Waals surface area contributed by atoms with Crippen molar-refractivity contribution in [2.24, 2.45) is 9.98 Å². The highest BCUT2D eigenvalue weighted by Crippen LogP contribution is 2.19. The fourth-order valence-electron chi connectivity index (χ4n) is 1.83. The van der Waals surface area contributed by atoms with E-state index in [0.717, 1.165) is 23.4 Å². The first-order valence-corrected chi connectivity index (χ1v) is 6.17. The third-order valence-corrected chi connectivity index (χ3v) is 2.85. The normalized spacial score (nSPS) is 13.3. The van der Waals surface area contributed by atoms with Crippen LogP contribution in [0.4, 0.5) is 11.6 Å². The molecule has 0 atom stereocenters. The second-order valence-electron chi connectivity index (χ2n) is 4.25. The molecule has 4 rings (SSSR count). The van der Waals surface area contributed by atoms with Crippen LogP contribution in [-0.2, 0) is 12.8 Å². The molecule has 0 radical (unpaired) electrons. The van der Waals surface area contributed by atoms with Gasteiger partial charge in [-0.1, -0.05) is 0 Å². The van der Waals surface area contributed by atoms with Crippen molar-refractivity contribution in [3.8, 4) is 0 Å². The van der Waals surface area contributed by atoms with Gasteiger partial charge in [0.25, 0.3) is 0 Å². The Labute approximate surface area is 119 Å². The monoisotopic (exact) mass is 282 g/mol. The number of rotatable bonds is 1. The number of carbonyl (C=O) groups is 1. The van der Waals surface area contributed by atoms with E-state index >= 15 is 0 Å². The number of nitrogens with zero attached hydrogens (tertiary/aromatic N) is 6. The Morgan fingerprint density at radius 2 is 1.71 bits per heavy atom. The summed E-state index contributed by atoms with van der Waals surface area (Å²) in [6.45, 7) is 0. The van der Waals surface area contributed by atoms with Crippen LogP contribution in [0.25, 0.3) is 0 Å². The molecule has 21 heavy (non-hydrogen) atoms. The molecule has 2 aliphatic rings. The van der Waals surface area contributed by atoms with Crippen LogP contribution < -0.4 is 0 Å². The summed E-state index contributed by atoms with van der Waals surface area (Å²) in [5.41, 5.74) is 2.00. The van der Waals surface area contributed by atoms with E-state index in [-0.39, 0.29) is 5.82 Å². The molecule has 0 unspecified atom stereocenters. The van der Waals surface area contributed by atoms with E-state index in [9.17, 15) is 4.79 Å². The largest absolute Gasteiger partial charge is 0.475 e. The van der Waals surface area contributed by atoms with Crippen LogP contribution in [-0.4, -0.2) is 43.4 Å². The van der Waals surface area contributed by atoms with Gasteiger partial charge in [-0.3, -0.25) is 0 Å². The first kappa shape index (κ1) is 13.0. The van der Waals surface area contributed by atoms with Gasteiger partial charge in [-0.2, -0.15) is 0 Å². The first-order valence-electron chi connectivity index (χ1n) is 6.17. The number of fused-ring (bicyclic) bond motifs is 2. The summed E-state index contributed by atoms with van der Waals surface area (Å²) in [7, 11) is 0. The summed E-state index contributed by atoms with van der Waals surface area (Å²) >= 11 is 0. The zero-order chi connectivity index (χ0) is 14.7. The highest BCUT2D eigenvalue weighted by molar-refractivity contribution is 5.84. The third-order valence-electron chi connectivity index (χ3n) is 2.85. The molecule has 0 fully saturated rings. The van der Waals surface area contributed by atoms with Gasteiger partial charge in [-0.25, -0.2) is 34.7 Å². The van der Waals surface area contributed by atoms with Crippen molar-refractivity contribution in [3.05, 3.63) is 35.7 Å². The van der Waals surface area contributed by atoms with Gasteiger partial charge in [-0.05, 0) is 0 Å². The van der Waals surface area contributed by atoms with E-state index in [2.05, 4.69) is 29.9 Å². The molecule has 104 valence electrons. The highest BCUT2D eigenvalue weighted by Gasteiger charge is 2.13. The summed E-state index contributed by atoms with van der Waals surface area (Å²) < 4.78 is 0. The minimum atomic E-state index is -1.13. The van der Waals surface area contributed by atoms with Gasteiger partial charge in [0.15, 0.2) is 11.6 Å². The molecule has 1 N–H and O–H groups in total. The zero-order valence-corrected chi connectivity index (χ0v) is 10.8. The van der Waals surface area contributed by atoms with Gasteiger partial charge in [0.2, 0.25) is 5.82 Å². The number of carboxylic acids is 1. The van der Waals surface area contributed by atoms with Gasteiger partial charge >= 0.3 is 5.97 Å². The van der Waals surface area contributed by atoms with Crippen LogP contribution in [0.3, 0.4) is 0 Å². The lowest BCUT2D eigenvalue weighted by molar-refractivity contribution is 0.0683. The number of hydrogen-bond acceptors (Lipinski definition) is 7. The Balaban J connectivity index is 0.000000131. The summed E-state index contributed by atoms with van der Waals surface area (Å²) in [5.74, 6) is -0.0277. The maximum Gasteiger partial charge on any atom is 0.374 e. The van der Waals surface area contributed by atoms with Crippen molar-refractivity contribution in [2.75, 3.05) is 0 Å². The molecule has 0 bridgehead atoms. The van der Waals surface area contributed by atoms with E-state index < -0.39 is 5.97 Å². The third kappa shape index (κ3) is 2.78. The van der Waals surface area contributed by atoms with Crippen LogP contribution in [0.1, 0.15) is 21.7 Å². The molecule has 0 amide bonds. The molecular weight excluding hydrogens is 272 g/mol. The Bertz CT molecular complexity index is 756. The minimum Gasteiger partial charge on any atom is -0.475 e. The molecule has 8 nitrogen and oxygen atoms in total. The van der Waals surface area contributed by atoms with Crippen molar-refractivity contribution >= 4 is 30.0 Å². The first-order chi connectivity index (χ1) is 10.2. The number of carboxylic acid groups (broad SMARTS) is 1. The van der Waals surface area contributed by atoms with Gasteiger partial charge in [0.05, 0.1) is 0 Å². The topological polar surface area (TPSA) is 114 Å². The lowest BCUT2D eigenvalue weighted by atomic mass is 10.3. The van der Waals surface area contributed by atoms with Gasteiger partial charge in [0, 0.05) is 48.8 Å². The maximum absolute atomic E-state index is 10.4. The Morgan fingerprint density at radius 3 is 2.43 bits per heavy atom. The van der Waals surface area contributed by atoms with Gasteiger partial charge in [-0.15, -0.1) is 0 Å². The average molecular weight is 282 g/mol. The SMILES string of the molecule is C1=Nc2ncncc2C1.O=C(O)c1ncc2c(n1)N=CC2. The van der Waals surface area contributed by atoms with Crippen molar-refractivity contribution in [1.29, 1.82) is 0 Å². The van der Waals surface area contributed by atoms with E-state index in [1.807, 2.05) is 6.21 Å². The molecule has 2 aromatic rings. The summed E-state index contributed by atoms with van der Waals surface area (Å²) in [6, 6.07) is 0. The Kier molecular flexibility index (Phi) is 3.42. The number of aliphatic imine (C=N–C) groups is 2. The standard InChI is InChI=1S/C7H5N3O2.C6H5N3/c11-7(12)6-9-3-4-1-2-8-5(4)10-6;1-2-8-6-5(1)3-7-4-9-6/h2-3H,1H2,(H,11,12);2-4H,1H2. The van der Waals surface area contributed by atoms with Crippen molar-refractivity contribution in [3.63, 3.8) is 0 Å². The lowest BCUT2D eigenvalue weighted by Crippen LogP contribution is -2.03. The molecule has 8 heteroatoms. The molecular formula is C13H10N6O2. The Hall–Kier alpha value is -3.03. The Morgan fingerprint density at radius 1 is 1.00 bits per heavy atom. The van der Waals surface area contributed by atoms with Crippen LogP contribution in [0.5, 0.6) is 0 Å². The molecule has 0 spiro atoms. The molecule has 2 aliphatic heterocycles.